The van der Waals surface area contributed by atoms with Gasteiger partial charge in [0.2, 0.25) is 0 Å². The van der Waals surface area contributed by atoms with E-state index in [1.807, 2.05) is 56.3 Å². The predicted molar refractivity (Wildman–Crippen MR) is 110 cm³/mol. The van der Waals surface area contributed by atoms with Gasteiger partial charge in [-0.15, -0.1) is 0 Å². The molecule has 0 spiro atoms. The standard InChI is InChI=1S/C22H21N3O3/c1-15-6-4-8-18(14-15)25-21(27)19(20(26)23-22(25)28)9-5-7-16-10-12-17(13-11-16)24(2)3/h4-14H,1-3H3,(H,23,26,28)/b7-5+,19-9-. The van der Waals surface area contributed by atoms with Crippen molar-refractivity contribution in [1.29, 1.82) is 0 Å². The van der Waals surface area contributed by atoms with Gasteiger partial charge in [-0.1, -0.05) is 36.4 Å². The second-order valence-corrected chi connectivity index (χ2v) is 6.66. The number of barbiturate groups is 1. The Hall–Kier alpha value is -3.67. The lowest BCUT2D eigenvalue weighted by Gasteiger charge is -2.26. The minimum Gasteiger partial charge on any atom is -0.378 e. The molecule has 4 amide bonds. The van der Waals surface area contributed by atoms with Crippen molar-refractivity contribution < 1.29 is 14.4 Å². The summed E-state index contributed by atoms with van der Waals surface area (Å²) < 4.78 is 0. The number of carbonyl (C=O) groups excluding carboxylic acids is 3. The zero-order chi connectivity index (χ0) is 20.3. The lowest BCUT2D eigenvalue weighted by molar-refractivity contribution is -0.122. The van der Waals surface area contributed by atoms with E-state index in [2.05, 4.69) is 5.32 Å². The fourth-order valence-electron chi connectivity index (χ4n) is 2.82. The summed E-state index contributed by atoms with van der Waals surface area (Å²) >= 11 is 0. The Kier molecular flexibility index (Phi) is 5.40. The molecular formula is C22H21N3O3. The predicted octanol–water partition coefficient (Wildman–Crippen LogP) is 3.28. The second kappa shape index (κ2) is 7.92. The second-order valence-electron chi connectivity index (χ2n) is 6.66. The van der Waals surface area contributed by atoms with Gasteiger partial charge in [-0.25, -0.2) is 9.69 Å². The van der Waals surface area contributed by atoms with E-state index < -0.39 is 17.8 Å². The zero-order valence-electron chi connectivity index (χ0n) is 16.0. The average Bonchev–Trinajstić information content (AvgIpc) is 2.64. The summed E-state index contributed by atoms with van der Waals surface area (Å²) in [5.74, 6) is -1.35. The molecular weight excluding hydrogens is 354 g/mol. The van der Waals surface area contributed by atoms with Crippen molar-refractivity contribution >= 4 is 35.3 Å². The van der Waals surface area contributed by atoms with Gasteiger partial charge in [0.25, 0.3) is 11.8 Å². The quantitative estimate of drug-likeness (QED) is 0.658. The first kappa shape index (κ1) is 19.1. The highest BCUT2D eigenvalue weighted by molar-refractivity contribution is 6.37. The molecule has 2 aromatic carbocycles. The van der Waals surface area contributed by atoms with E-state index in [-0.39, 0.29) is 5.57 Å². The minimum absolute atomic E-state index is 0.0951. The molecule has 1 saturated heterocycles. The highest BCUT2D eigenvalue weighted by Crippen LogP contribution is 2.21. The third-order valence-corrected chi connectivity index (χ3v) is 4.32. The number of rotatable bonds is 4. The SMILES string of the molecule is Cc1cccc(N2C(=O)NC(=O)/C(=C/C=C/c3ccc(N(C)C)cc3)C2=O)c1. The maximum absolute atomic E-state index is 12.8. The lowest BCUT2D eigenvalue weighted by atomic mass is 10.1. The van der Waals surface area contributed by atoms with Gasteiger partial charge in [-0.05, 0) is 48.4 Å². The van der Waals surface area contributed by atoms with Crippen molar-refractivity contribution in [1.82, 2.24) is 5.32 Å². The summed E-state index contributed by atoms with van der Waals surface area (Å²) in [5.41, 5.74) is 3.23. The molecule has 28 heavy (non-hydrogen) atoms. The molecule has 6 nitrogen and oxygen atoms in total. The molecule has 6 heteroatoms. The number of carbonyl (C=O) groups is 3. The van der Waals surface area contributed by atoms with Gasteiger partial charge < -0.3 is 4.90 Å². The Morgan fingerprint density at radius 3 is 2.36 bits per heavy atom. The molecule has 1 N–H and O–H groups in total. The van der Waals surface area contributed by atoms with E-state index >= 15 is 0 Å². The van der Waals surface area contributed by atoms with Gasteiger partial charge in [-0.2, -0.15) is 0 Å². The largest absolute Gasteiger partial charge is 0.378 e. The van der Waals surface area contributed by atoms with Crippen LogP contribution in [0.5, 0.6) is 0 Å². The van der Waals surface area contributed by atoms with Gasteiger partial charge in [0.1, 0.15) is 5.57 Å². The van der Waals surface area contributed by atoms with E-state index in [4.69, 9.17) is 0 Å². The molecule has 1 heterocycles. The molecule has 2 aromatic rings. The van der Waals surface area contributed by atoms with Gasteiger partial charge in [0.05, 0.1) is 5.69 Å². The van der Waals surface area contributed by atoms with Gasteiger partial charge >= 0.3 is 6.03 Å². The molecule has 1 fully saturated rings. The van der Waals surface area contributed by atoms with Crippen molar-refractivity contribution in [2.75, 3.05) is 23.9 Å². The number of nitrogens with zero attached hydrogens (tertiary/aromatic N) is 2. The number of anilines is 2. The smallest absolute Gasteiger partial charge is 0.335 e. The Labute approximate surface area is 163 Å². The van der Waals surface area contributed by atoms with Crippen LogP contribution in [0.15, 0.2) is 66.3 Å². The molecule has 0 aromatic heterocycles. The summed E-state index contributed by atoms with van der Waals surface area (Å²) in [7, 11) is 3.92. The number of hydrogen-bond donors (Lipinski definition) is 1. The number of nitrogens with one attached hydrogen (secondary N) is 1. The third kappa shape index (κ3) is 4.01. The van der Waals surface area contributed by atoms with Crippen LogP contribution in [0.4, 0.5) is 16.2 Å². The van der Waals surface area contributed by atoms with E-state index in [1.165, 1.54) is 6.08 Å². The fourth-order valence-corrected chi connectivity index (χ4v) is 2.82. The van der Waals surface area contributed by atoms with Crippen LogP contribution in [0.3, 0.4) is 0 Å². The number of allylic oxidation sites excluding steroid dienone is 2. The first-order valence-electron chi connectivity index (χ1n) is 8.79. The number of imide groups is 2. The normalized spacial score (nSPS) is 16.0. The molecule has 0 aliphatic carbocycles. The van der Waals surface area contributed by atoms with Crippen molar-refractivity contribution in [2.24, 2.45) is 0 Å². The van der Waals surface area contributed by atoms with Crippen molar-refractivity contribution in [3.05, 3.63) is 77.4 Å². The van der Waals surface area contributed by atoms with Crippen LogP contribution in [0, 0.1) is 6.92 Å². The molecule has 0 radical (unpaired) electrons. The molecule has 0 bridgehead atoms. The van der Waals surface area contributed by atoms with E-state index in [1.54, 1.807) is 30.4 Å². The van der Waals surface area contributed by atoms with Crippen molar-refractivity contribution in [3.63, 3.8) is 0 Å². The summed E-state index contributed by atoms with van der Waals surface area (Å²) in [6.07, 6.45) is 4.84. The summed E-state index contributed by atoms with van der Waals surface area (Å²) in [6, 6.07) is 14.1. The topological polar surface area (TPSA) is 69.7 Å². The maximum Gasteiger partial charge on any atom is 0.335 e. The molecule has 142 valence electrons. The van der Waals surface area contributed by atoms with Crippen LogP contribution >= 0.6 is 0 Å². The Balaban J connectivity index is 1.84. The Morgan fingerprint density at radius 1 is 1.00 bits per heavy atom. The number of aryl methyl sites for hydroxylation is 1. The number of amides is 4. The van der Waals surface area contributed by atoms with Crippen molar-refractivity contribution in [2.45, 2.75) is 6.92 Å². The maximum atomic E-state index is 12.8. The number of benzene rings is 2. The highest BCUT2D eigenvalue weighted by atomic mass is 16.2. The molecule has 1 aliphatic heterocycles. The van der Waals surface area contributed by atoms with Crippen LogP contribution in [0.1, 0.15) is 11.1 Å². The fraction of sp³-hybridized carbons (Fsp3) is 0.136. The molecule has 1 aliphatic rings. The van der Waals surface area contributed by atoms with Crippen LogP contribution < -0.4 is 15.1 Å². The Bertz CT molecular complexity index is 988. The van der Waals surface area contributed by atoms with Crippen LogP contribution in [-0.4, -0.2) is 31.9 Å². The molecule has 3 rings (SSSR count). The number of urea groups is 1. The minimum atomic E-state index is -0.749. The van der Waals surface area contributed by atoms with Crippen LogP contribution in [0.2, 0.25) is 0 Å². The number of hydrogen-bond acceptors (Lipinski definition) is 4. The van der Waals surface area contributed by atoms with E-state index in [0.29, 0.717) is 5.69 Å². The van der Waals surface area contributed by atoms with Gasteiger partial charge in [0, 0.05) is 19.8 Å². The van der Waals surface area contributed by atoms with Crippen molar-refractivity contribution in [3.8, 4) is 0 Å². The van der Waals surface area contributed by atoms with E-state index in [0.717, 1.165) is 21.7 Å². The zero-order valence-corrected chi connectivity index (χ0v) is 16.0. The molecule has 0 saturated carbocycles. The van der Waals surface area contributed by atoms with Gasteiger partial charge in [-0.3, -0.25) is 14.9 Å². The summed E-state index contributed by atoms with van der Waals surface area (Å²) in [6.45, 7) is 1.86. The van der Waals surface area contributed by atoms with Crippen LogP contribution in [0.25, 0.3) is 6.08 Å². The van der Waals surface area contributed by atoms with Crippen LogP contribution in [-0.2, 0) is 9.59 Å². The monoisotopic (exact) mass is 375 g/mol. The third-order valence-electron chi connectivity index (χ3n) is 4.32. The highest BCUT2D eigenvalue weighted by Gasteiger charge is 2.36. The molecule has 0 atom stereocenters. The molecule has 0 unspecified atom stereocenters. The van der Waals surface area contributed by atoms with E-state index in [9.17, 15) is 14.4 Å². The lowest BCUT2D eigenvalue weighted by Crippen LogP contribution is -2.54. The summed E-state index contributed by atoms with van der Waals surface area (Å²) in [5, 5.41) is 2.22. The first-order valence-corrected chi connectivity index (χ1v) is 8.79. The summed E-state index contributed by atoms with van der Waals surface area (Å²) in [4.78, 5) is 40.0. The Morgan fingerprint density at radius 2 is 1.71 bits per heavy atom. The first-order chi connectivity index (χ1) is 13.4. The average molecular weight is 375 g/mol. The van der Waals surface area contributed by atoms with Gasteiger partial charge in [0.15, 0.2) is 0 Å².